The van der Waals surface area contributed by atoms with Crippen molar-refractivity contribution in [2.24, 2.45) is 46.3 Å². The molecule has 1 amide bonds. The molecule has 0 aromatic carbocycles. The summed E-state index contributed by atoms with van der Waals surface area (Å²) >= 11 is 1.19. The maximum absolute atomic E-state index is 13.5. The average molecular weight is 802 g/mol. The quantitative estimate of drug-likeness (QED) is 0.0973. The highest BCUT2D eigenvalue weighted by Gasteiger charge is 2.59. The summed E-state index contributed by atoms with van der Waals surface area (Å²) in [4.78, 5) is 26.8. The van der Waals surface area contributed by atoms with E-state index in [2.05, 4.69) is 48.0 Å². The first-order chi connectivity index (χ1) is 27.0. The summed E-state index contributed by atoms with van der Waals surface area (Å²) in [5.74, 6) is 4.62. The van der Waals surface area contributed by atoms with Crippen LogP contribution in [0.15, 0.2) is 6.08 Å². The SMILES string of the molecule is CC.CCCCCCOc1nsnc1C1=CCC[N+](C)(COC(=O)C(NC(=O)CCCC2CCC3[C@@H]4CC[C@@H]5CCCCC5(C)C4CCC23C)C(C)C)C1.CO. The number of carbonyl (C=O) groups excluding carboxylic acids is 2. The number of aliphatic hydroxyl groups is 1. The molecule has 4 aliphatic carbocycles. The lowest BCUT2D eigenvalue weighted by Gasteiger charge is -2.60. The molecule has 5 aliphatic rings. The predicted octanol–water partition coefficient (Wildman–Crippen LogP) is 10.2. The molecule has 9 nitrogen and oxygen atoms in total. The third-order valence-corrected chi connectivity index (χ3v) is 15.6. The summed E-state index contributed by atoms with van der Waals surface area (Å²) < 4.78 is 21.6. The smallest absolute Gasteiger partial charge is 0.333 e. The number of likely N-dealkylation sites (N-methyl/N-ethyl adjacent to an activating group) is 1. The van der Waals surface area contributed by atoms with Gasteiger partial charge in [0, 0.05) is 25.5 Å². The Morgan fingerprint density at radius 3 is 2.48 bits per heavy atom. The van der Waals surface area contributed by atoms with E-state index in [1.54, 1.807) is 0 Å². The lowest BCUT2D eigenvalue weighted by molar-refractivity contribution is -0.919. The van der Waals surface area contributed by atoms with Crippen molar-refractivity contribution in [3.63, 3.8) is 0 Å². The summed E-state index contributed by atoms with van der Waals surface area (Å²) in [5, 5.41) is 10.1. The van der Waals surface area contributed by atoms with Crippen LogP contribution in [0.2, 0.25) is 0 Å². The van der Waals surface area contributed by atoms with Gasteiger partial charge in [-0.25, -0.2) is 4.79 Å². The molecular weight excluding hydrogens is 721 g/mol. The molecule has 4 saturated carbocycles. The van der Waals surface area contributed by atoms with E-state index in [1.807, 2.05) is 27.7 Å². The molecule has 1 aliphatic heterocycles. The molecule has 6 rings (SSSR count). The van der Waals surface area contributed by atoms with Gasteiger partial charge in [-0.15, -0.1) is 4.37 Å². The van der Waals surface area contributed by atoms with E-state index in [0.29, 0.717) is 40.8 Å². The second-order valence-electron chi connectivity index (χ2n) is 18.8. The second kappa shape index (κ2) is 21.8. The van der Waals surface area contributed by atoms with Crippen molar-refractivity contribution in [1.82, 2.24) is 14.1 Å². The molecule has 2 N–H and O–H groups in total. The van der Waals surface area contributed by atoms with E-state index in [0.717, 1.165) is 86.6 Å². The number of quaternary nitrogens is 1. The highest BCUT2D eigenvalue weighted by molar-refractivity contribution is 6.99. The lowest BCUT2D eigenvalue weighted by atomic mass is 9.45. The molecule has 9 atom stereocenters. The molecule has 56 heavy (non-hydrogen) atoms. The number of fused-ring (bicyclic) bond motifs is 5. The zero-order valence-corrected chi connectivity index (χ0v) is 37.8. The molecule has 0 radical (unpaired) electrons. The lowest BCUT2D eigenvalue weighted by Crippen LogP contribution is -2.52. The van der Waals surface area contributed by atoms with Gasteiger partial charge in [0.1, 0.15) is 18.3 Å². The number of rotatable bonds is 16. The van der Waals surface area contributed by atoms with E-state index in [1.165, 1.54) is 88.8 Å². The second-order valence-corrected chi connectivity index (χ2v) is 19.4. The van der Waals surface area contributed by atoms with E-state index in [4.69, 9.17) is 14.6 Å². The molecule has 0 saturated heterocycles. The van der Waals surface area contributed by atoms with Gasteiger partial charge in [0.2, 0.25) is 12.6 Å². The normalized spacial score (nSPS) is 32.6. The van der Waals surface area contributed by atoms with Crippen LogP contribution in [0.1, 0.15) is 170 Å². The number of unbranched alkanes of at least 4 members (excludes halogenated alkanes) is 3. The van der Waals surface area contributed by atoms with Crippen molar-refractivity contribution in [1.29, 1.82) is 0 Å². The van der Waals surface area contributed by atoms with Crippen molar-refractivity contribution in [2.75, 3.05) is 40.6 Å². The number of amides is 1. The largest absolute Gasteiger partial charge is 0.475 e. The summed E-state index contributed by atoms with van der Waals surface area (Å²) in [6.45, 7) is 17.9. The third-order valence-electron chi connectivity index (χ3n) is 15.1. The van der Waals surface area contributed by atoms with Gasteiger partial charge in [-0.2, -0.15) is 4.37 Å². The zero-order chi connectivity index (χ0) is 40.9. The molecule has 1 aromatic rings. The summed E-state index contributed by atoms with van der Waals surface area (Å²) in [6, 6.07) is -0.644. The molecule has 7 unspecified atom stereocenters. The maximum Gasteiger partial charge on any atom is 0.333 e. The minimum atomic E-state index is -0.644. The number of hydrogen-bond donors (Lipinski definition) is 2. The number of nitrogens with one attached hydrogen (secondary N) is 1. The minimum Gasteiger partial charge on any atom is -0.475 e. The fourth-order valence-electron chi connectivity index (χ4n) is 12.0. The number of ether oxygens (including phenoxy) is 2. The van der Waals surface area contributed by atoms with Crippen LogP contribution in [0.25, 0.3) is 5.57 Å². The Morgan fingerprint density at radius 2 is 1.73 bits per heavy atom. The third kappa shape index (κ3) is 11.0. The molecule has 10 heteroatoms. The monoisotopic (exact) mass is 802 g/mol. The van der Waals surface area contributed by atoms with Crippen LogP contribution < -0.4 is 10.1 Å². The van der Waals surface area contributed by atoms with Crippen molar-refractivity contribution >= 4 is 29.2 Å². The van der Waals surface area contributed by atoms with Gasteiger partial charge in [0.25, 0.3) is 5.88 Å². The van der Waals surface area contributed by atoms with Crippen LogP contribution in [0, 0.1) is 46.3 Å². The Bertz CT molecular complexity index is 1400. The van der Waals surface area contributed by atoms with Gasteiger partial charge in [0.05, 0.1) is 31.9 Å². The molecule has 4 fully saturated rings. The van der Waals surface area contributed by atoms with Gasteiger partial charge in [-0.1, -0.05) is 86.6 Å². The van der Waals surface area contributed by atoms with Gasteiger partial charge in [-0.05, 0) is 117 Å². The number of aromatic nitrogens is 2. The number of esters is 1. The topological polar surface area (TPSA) is 111 Å². The van der Waals surface area contributed by atoms with E-state index in [-0.39, 0.29) is 24.5 Å². The van der Waals surface area contributed by atoms with Crippen LogP contribution in [0.4, 0.5) is 0 Å². The van der Waals surface area contributed by atoms with Gasteiger partial charge < -0.3 is 19.9 Å². The van der Waals surface area contributed by atoms with Crippen molar-refractivity contribution in [2.45, 2.75) is 170 Å². The Morgan fingerprint density at radius 1 is 0.964 bits per heavy atom. The molecule has 2 heterocycles. The Balaban J connectivity index is 0.00000169. The molecule has 320 valence electrons. The van der Waals surface area contributed by atoms with Crippen molar-refractivity contribution in [3.8, 4) is 5.88 Å². The highest BCUT2D eigenvalue weighted by Crippen LogP contribution is 2.68. The number of aliphatic hydroxyl groups excluding tert-OH is 1. The van der Waals surface area contributed by atoms with Gasteiger partial charge in [-0.3, -0.25) is 9.28 Å². The highest BCUT2D eigenvalue weighted by atomic mass is 32.1. The summed E-state index contributed by atoms with van der Waals surface area (Å²) in [5.41, 5.74) is 2.93. The zero-order valence-electron chi connectivity index (χ0n) is 37.0. The van der Waals surface area contributed by atoms with E-state index in [9.17, 15) is 9.59 Å². The number of carbonyl (C=O) groups is 2. The van der Waals surface area contributed by atoms with E-state index < -0.39 is 6.04 Å². The van der Waals surface area contributed by atoms with Crippen LogP contribution in [0.5, 0.6) is 5.88 Å². The van der Waals surface area contributed by atoms with Crippen LogP contribution >= 0.6 is 11.7 Å². The van der Waals surface area contributed by atoms with Crippen molar-refractivity contribution in [3.05, 3.63) is 11.8 Å². The Hall–Kier alpha value is -2.04. The molecule has 1 aromatic heterocycles. The van der Waals surface area contributed by atoms with Crippen LogP contribution in [-0.4, -0.2) is 76.8 Å². The maximum atomic E-state index is 13.5. The average Bonchev–Trinajstić information content (AvgIpc) is 3.81. The minimum absolute atomic E-state index is 0.0237. The molecule has 0 spiro atoms. The number of nitrogens with zero attached hydrogens (tertiary/aromatic N) is 3. The Labute approximate surface area is 345 Å². The first kappa shape index (κ1) is 46.6. The van der Waals surface area contributed by atoms with Crippen LogP contribution in [-0.2, 0) is 14.3 Å². The first-order valence-corrected chi connectivity index (χ1v) is 23.6. The first-order valence-electron chi connectivity index (χ1n) is 22.9. The number of hydrogen-bond acceptors (Lipinski definition) is 8. The van der Waals surface area contributed by atoms with Crippen molar-refractivity contribution < 1.29 is 28.7 Å². The predicted molar refractivity (Wildman–Crippen MR) is 229 cm³/mol. The standard InChI is InChI=1S/C43H70N4O4S.C2H6.CH4O/c1-7-8-9-12-27-50-40-39(45-52-46-40)31-15-14-26-47(6,28-31)29-51-41(49)38(30(2)3)44-37(48)18-13-17-33-20-22-35-34-21-19-32-16-10-11-24-42(32,4)36(34)23-25-43(33,35)5;2*1-2/h15,30,32-36,38H,7-14,16-29H2,1-6H3;1-2H3;2H,1H3/p+1/t32-,33?,34-,35?,36?,38?,42?,43?,47?;;/m0../s1. The van der Waals surface area contributed by atoms with E-state index >= 15 is 0 Å². The van der Waals surface area contributed by atoms with Gasteiger partial charge >= 0.3 is 5.97 Å². The van der Waals surface area contributed by atoms with Crippen LogP contribution in [0.3, 0.4) is 0 Å². The Kier molecular flexibility index (Phi) is 18.2. The summed E-state index contributed by atoms with van der Waals surface area (Å²) in [6.07, 6.45) is 24.4. The summed E-state index contributed by atoms with van der Waals surface area (Å²) in [7, 11) is 3.12. The van der Waals surface area contributed by atoms with Gasteiger partial charge in [0.15, 0.2) is 0 Å². The molecular formula is C46H81N4O5S+. The fraction of sp³-hybridized carbons (Fsp3) is 0.870. The fourth-order valence-corrected chi connectivity index (χ4v) is 12.5. The molecule has 0 bridgehead atoms.